The predicted molar refractivity (Wildman–Crippen MR) is 127 cm³/mol. The van der Waals surface area contributed by atoms with Crippen molar-refractivity contribution < 1.29 is 0 Å². The van der Waals surface area contributed by atoms with Gasteiger partial charge in [-0.1, -0.05) is 60.7 Å². The summed E-state index contributed by atoms with van der Waals surface area (Å²) >= 11 is 0. The highest BCUT2D eigenvalue weighted by molar-refractivity contribution is 5.89. The summed E-state index contributed by atoms with van der Waals surface area (Å²) in [5, 5.41) is 7.82. The Morgan fingerprint density at radius 3 is 2.39 bits per heavy atom. The van der Waals surface area contributed by atoms with Gasteiger partial charge >= 0.3 is 0 Å². The standard InChI is InChI=1S/C27H25N3O/c1-18-10-9-15-25-26(18)21(17-29(25)3)16-24-22-13-7-8-14-23(22)27(31)30(28-24)19(2)20-11-5-4-6-12-20/h4-15,17,19H,16H2,1-3H3. The van der Waals surface area contributed by atoms with Gasteiger partial charge in [-0.15, -0.1) is 0 Å². The van der Waals surface area contributed by atoms with E-state index in [1.165, 1.54) is 22.0 Å². The third-order valence-corrected chi connectivity index (χ3v) is 6.21. The number of aromatic nitrogens is 3. The zero-order valence-corrected chi connectivity index (χ0v) is 18.0. The summed E-state index contributed by atoms with van der Waals surface area (Å²) in [6.45, 7) is 4.18. The molecule has 0 saturated heterocycles. The summed E-state index contributed by atoms with van der Waals surface area (Å²) in [5.74, 6) is 0. The Balaban J connectivity index is 1.71. The van der Waals surface area contributed by atoms with Gasteiger partial charge in [-0.3, -0.25) is 4.79 Å². The van der Waals surface area contributed by atoms with Crippen molar-refractivity contribution in [1.82, 2.24) is 14.3 Å². The van der Waals surface area contributed by atoms with E-state index in [9.17, 15) is 4.79 Å². The highest BCUT2D eigenvalue weighted by Gasteiger charge is 2.18. The molecule has 0 aliphatic heterocycles. The van der Waals surface area contributed by atoms with E-state index in [0.29, 0.717) is 11.8 Å². The van der Waals surface area contributed by atoms with Gasteiger partial charge < -0.3 is 4.57 Å². The van der Waals surface area contributed by atoms with Crippen molar-refractivity contribution in [2.75, 3.05) is 0 Å². The number of rotatable bonds is 4. The quantitative estimate of drug-likeness (QED) is 0.400. The fourth-order valence-corrected chi connectivity index (χ4v) is 4.59. The third-order valence-electron chi connectivity index (χ3n) is 6.21. The molecule has 0 radical (unpaired) electrons. The molecular formula is C27H25N3O. The first-order valence-electron chi connectivity index (χ1n) is 10.6. The molecule has 0 amide bonds. The van der Waals surface area contributed by atoms with Gasteiger partial charge in [0.1, 0.15) is 0 Å². The number of nitrogens with zero attached hydrogens (tertiary/aromatic N) is 3. The van der Waals surface area contributed by atoms with Gasteiger partial charge in [0.25, 0.3) is 5.56 Å². The Kier molecular flexibility index (Phi) is 4.70. The summed E-state index contributed by atoms with van der Waals surface area (Å²) in [6, 6.07) is 24.1. The van der Waals surface area contributed by atoms with Crippen LogP contribution in [0.1, 0.15) is 35.3 Å². The average Bonchev–Trinajstić information content (AvgIpc) is 3.12. The van der Waals surface area contributed by atoms with Crippen LogP contribution in [0.25, 0.3) is 21.7 Å². The topological polar surface area (TPSA) is 39.8 Å². The second-order valence-corrected chi connectivity index (χ2v) is 8.24. The molecule has 0 aliphatic carbocycles. The van der Waals surface area contributed by atoms with E-state index in [4.69, 9.17) is 5.10 Å². The van der Waals surface area contributed by atoms with Crippen molar-refractivity contribution in [3.05, 3.63) is 112 Å². The van der Waals surface area contributed by atoms with E-state index in [-0.39, 0.29) is 11.6 Å². The maximum Gasteiger partial charge on any atom is 0.275 e. The van der Waals surface area contributed by atoms with Crippen LogP contribution in [0.15, 0.2) is 83.8 Å². The molecule has 31 heavy (non-hydrogen) atoms. The molecule has 2 heterocycles. The normalized spacial score (nSPS) is 12.5. The fourth-order valence-electron chi connectivity index (χ4n) is 4.59. The zero-order valence-electron chi connectivity index (χ0n) is 18.0. The van der Waals surface area contributed by atoms with Gasteiger partial charge in [-0.2, -0.15) is 5.10 Å². The lowest BCUT2D eigenvalue weighted by molar-refractivity contribution is 0.529. The van der Waals surface area contributed by atoms with Crippen LogP contribution < -0.4 is 5.56 Å². The van der Waals surface area contributed by atoms with Crippen LogP contribution >= 0.6 is 0 Å². The minimum Gasteiger partial charge on any atom is -0.350 e. The highest BCUT2D eigenvalue weighted by atomic mass is 16.1. The minimum atomic E-state index is -0.147. The SMILES string of the molecule is Cc1cccc2c1c(Cc1nn(C(C)c3ccccc3)c(=O)c3ccccc13)cn2C. The van der Waals surface area contributed by atoms with Gasteiger partial charge in [0.05, 0.1) is 17.1 Å². The van der Waals surface area contributed by atoms with E-state index in [1.54, 1.807) is 4.68 Å². The maximum atomic E-state index is 13.3. The first kappa shape index (κ1) is 19.3. The van der Waals surface area contributed by atoms with Crippen molar-refractivity contribution in [2.45, 2.75) is 26.3 Å². The molecule has 5 aromatic rings. The number of hydrogen-bond donors (Lipinski definition) is 0. The predicted octanol–water partition coefficient (Wildman–Crippen LogP) is 5.40. The van der Waals surface area contributed by atoms with Crippen LogP contribution in [-0.4, -0.2) is 14.3 Å². The van der Waals surface area contributed by atoms with E-state index >= 15 is 0 Å². The summed E-state index contributed by atoms with van der Waals surface area (Å²) < 4.78 is 3.81. The van der Waals surface area contributed by atoms with E-state index < -0.39 is 0 Å². The fraction of sp³-hybridized carbons (Fsp3) is 0.185. The van der Waals surface area contributed by atoms with Gasteiger partial charge in [-0.05, 0) is 42.7 Å². The molecule has 5 rings (SSSR count). The van der Waals surface area contributed by atoms with Gasteiger partial charge in [0, 0.05) is 36.0 Å². The second kappa shape index (κ2) is 7.55. The Labute approximate surface area is 181 Å². The number of hydrogen-bond acceptors (Lipinski definition) is 2. The molecule has 3 aromatic carbocycles. The first-order chi connectivity index (χ1) is 15.0. The molecule has 0 bridgehead atoms. The Morgan fingerprint density at radius 1 is 0.903 bits per heavy atom. The van der Waals surface area contributed by atoms with Gasteiger partial charge in [0.2, 0.25) is 0 Å². The van der Waals surface area contributed by atoms with Crippen molar-refractivity contribution >= 4 is 21.7 Å². The molecule has 0 saturated carbocycles. The smallest absolute Gasteiger partial charge is 0.275 e. The van der Waals surface area contributed by atoms with Gasteiger partial charge in [0.15, 0.2) is 0 Å². The maximum absolute atomic E-state index is 13.3. The summed E-state index contributed by atoms with van der Waals surface area (Å²) in [5.41, 5.74) is 5.64. The molecule has 1 atom stereocenters. The molecule has 4 nitrogen and oxygen atoms in total. The van der Waals surface area contributed by atoms with Crippen LogP contribution in [0.4, 0.5) is 0 Å². The molecule has 2 aromatic heterocycles. The van der Waals surface area contributed by atoms with E-state index in [0.717, 1.165) is 16.6 Å². The zero-order chi connectivity index (χ0) is 21.5. The molecule has 154 valence electrons. The Morgan fingerprint density at radius 2 is 1.61 bits per heavy atom. The van der Waals surface area contributed by atoms with Crippen LogP contribution in [0.2, 0.25) is 0 Å². The summed E-state index contributed by atoms with van der Waals surface area (Å²) in [7, 11) is 2.08. The van der Waals surface area contributed by atoms with Crippen LogP contribution in [0.3, 0.4) is 0 Å². The molecule has 0 fully saturated rings. The van der Waals surface area contributed by atoms with E-state index in [2.05, 4.69) is 42.9 Å². The monoisotopic (exact) mass is 407 g/mol. The largest absolute Gasteiger partial charge is 0.350 e. The van der Waals surface area contributed by atoms with Crippen LogP contribution in [-0.2, 0) is 13.5 Å². The van der Waals surface area contributed by atoms with Crippen molar-refractivity contribution in [2.24, 2.45) is 7.05 Å². The summed E-state index contributed by atoms with van der Waals surface area (Å²) in [6.07, 6.45) is 2.86. The third kappa shape index (κ3) is 3.25. The van der Waals surface area contributed by atoms with Crippen molar-refractivity contribution in [3.8, 4) is 0 Å². The first-order valence-corrected chi connectivity index (χ1v) is 10.6. The minimum absolute atomic E-state index is 0.0511. The number of fused-ring (bicyclic) bond motifs is 2. The molecule has 0 N–H and O–H groups in total. The highest BCUT2D eigenvalue weighted by Crippen LogP contribution is 2.28. The van der Waals surface area contributed by atoms with Crippen LogP contribution in [0.5, 0.6) is 0 Å². The van der Waals surface area contributed by atoms with Crippen molar-refractivity contribution in [1.29, 1.82) is 0 Å². The molecule has 0 spiro atoms. The second-order valence-electron chi connectivity index (χ2n) is 8.24. The van der Waals surface area contributed by atoms with Gasteiger partial charge in [-0.25, -0.2) is 4.68 Å². The Bertz CT molecular complexity index is 1460. The lowest BCUT2D eigenvalue weighted by Gasteiger charge is -2.17. The lowest BCUT2D eigenvalue weighted by Crippen LogP contribution is -2.28. The lowest BCUT2D eigenvalue weighted by atomic mass is 10.0. The molecule has 1 unspecified atom stereocenters. The number of aryl methyl sites for hydroxylation is 2. The average molecular weight is 408 g/mol. The summed E-state index contributed by atoms with van der Waals surface area (Å²) in [4.78, 5) is 13.3. The Hall–Kier alpha value is -3.66. The van der Waals surface area contributed by atoms with E-state index in [1.807, 2.05) is 61.5 Å². The number of benzene rings is 3. The molecular weight excluding hydrogens is 382 g/mol. The van der Waals surface area contributed by atoms with Crippen molar-refractivity contribution in [3.63, 3.8) is 0 Å². The molecule has 0 aliphatic rings. The molecule has 4 heteroatoms. The van der Waals surface area contributed by atoms with Crippen LogP contribution in [0, 0.1) is 6.92 Å².